The Morgan fingerprint density at radius 3 is 2.41 bits per heavy atom. The molecule has 0 aliphatic heterocycles. The topological polar surface area (TPSA) is 84.5 Å². The summed E-state index contributed by atoms with van der Waals surface area (Å²) in [6.45, 7) is 1.66. The molecule has 1 aromatic rings. The molecule has 0 aromatic heterocycles. The predicted octanol–water partition coefficient (Wildman–Crippen LogP) is 1.66. The molecular weight excluding hydrogens is 284 g/mol. The largest absolute Gasteiger partial charge is 0.468 e. The fourth-order valence-corrected chi connectivity index (χ4v) is 1.47. The minimum absolute atomic E-state index is 0.191. The maximum absolute atomic E-state index is 11.7. The highest BCUT2D eigenvalue weighted by Gasteiger charge is 2.08. The van der Waals surface area contributed by atoms with Crippen LogP contribution in [0.5, 0.6) is 0 Å². The van der Waals surface area contributed by atoms with E-state index in [-0.39, 0.29) is 12.5 Å². The summed E-state index contributed by atoms with van der Waals surface area (Å²) in [6.07, 6.45) is 6.58. The SMILES string of the molecule is C/C=C/C=C/C(=O)Nc1ccc(C(=O)NCC(=O)OC)cc1. The van der Waals surface area contributed by atoms with E-state index < -0.39 is 11.9 Å². The van der Waals surface area contributed by atoms with Crippen molar-refractivity contribution >= 4 is 23.5 Å². The van der Waals surface area contributed by atoms with Gasteiger partial charge in [0, 0.05) is 17.3 Å². The van der Waals surface area contributed by atoms with Crippen molar-refractivity contribution in [2.45, 2.75) is 6.92 Å². The molecule has 0 atom stereocenters. The summed E-state index contributed by atoms with van der Waals surface area (Å²) in [7, 11) is 1.25. The molecule has 0 spiro atoms. The van der Waals surface area contributed by atoms with Crippen LogP contribution >= 0.6 is 0 Å². The zero-order valence-electron chi connectivity index (χ0n) is 12.5. The van der Waals surface area contributed by atoms with Gasteiger partial charge in [-0.15, -0.1) is 0 Å². The summed E-state index contributed by atoms with van der Waals surface area (Å²) in [6, 6.07) is 6.32. The van der Waals surface area contributed by atoms with Gasteiger partial charge in [-0.05, 0) is 31.2 Å². The summed E-state index contributed by atoms with van der Waals surface area (Å²) in [5.74, 6) is -1.18. The van der Waals surface area contributed by atoms with Crippen LogP contribution in [0, 0.1) is 0 Å². The van der Waals surface area contributed by atoms with Gasteiger partial charge in [0.25, 0.3) is 5.91 Å². The van der Waals surface area contributed by atoms with E-state index in [1.165, 1.54) is 13.2 Å². The number of hydrogen-bond donors (Lipinski definition) is 2. The molecular formula is C16H18N2O4. The lowest BCUT2D eigenvalue weighted by Crippen LogP contribution is -2.30. The lowest BCUT2D eigenvalue weighted by atomic mass is 10.2. The normalized spacial score (nSPS) is 10.6. The number of methoxy groups -OCH3 is 1. The average molecular weight is 302 g/mol. The van der Waals surface area contributed by atoms with Crippen molar-refractivity contribution in [3.8, 4) is 0 Å². The molecule has 22 heavy (non-hydrogen) atoms. The molecule has 0 unspecified atom stereocenters. The van der Waals surface area contributed by atoms with E-state index in [0.717, 1.165) is 0 Å². The van der Waals surface area contributed by atoms with E-state index in [1.54, 1.807) is 36.4 Å². The highest BCUT2D eigenvalue weighted by Crippen LogP contribution is 2.09. The Labute approximate surface area is 128 Å². The van der Waals surface area contributed by atoms with Gasteiger partial charge in [-0.1, -0.05) is 18.2 Å². The van der Waals surface area contributed by atoms with Crippen LogP contribution in [0.1, 0.15) is 17.3 Å². The van der Waals surface area contributed by atoms with E-state index in [9.17, 15) is 14.4 Å². The minimum Gasteiger partial charge on any atom is -0.468 e. The third kappa shape index (κ3) is 6.04. The molecule has 0 heterocycles. The van der Waals surface area contributed by atoms with Crippen LogP contribution in [-0.2, 0) is 14.3 Å². The number of amides is 2. The van der Waals surface area contributed by atoms with Gasteiger partial charge in [0.2, 0.25) is 5.91 Å². The fraction of sp³-hybridized carbons (Fsp3) is 0.188. The molecule has 0 radical (unpaired) electrons. The quantitative estimate of drug-likeness (QED) is 0.475. The molecule has 2 amide bonds. The Morgan fingerprint density at radius 1 is 1.14 bits per heavy atom. The van der Waals surface area contributed by atoms with Gasteiger partial charge in [-0.2, -0.15) is 0 Å². The zero-order chi connectivity index (χ0) is 16.4. The molecule has 0 aliphatic rings. The van der Waals surface area contributed by atoms with Crippen LogP contribution < -0.4 is 10.6 Å². The first-order valence-electron chi connectivity index (χ1n) is 6.62. The number of esters is 1. The average Bonchev–Trinajstić information content (AvgIpc) is 2.53. The number of carbonyl (C=O) groups excluding carboxylic acids is 3. The highest BCUT2D eigenvalue weighted by molar-refractivity contribution is 6.00. The zero-order valence-corrected chi connectivity index (χ0v) is 12.5. The first-order valence-corrected chi connectivity index (χ1v) is 6.62. The molecule has 116 valence electrons. The van der Waals surface area contributed by atoms with Gasteiger partial charge in [0.1, 0.15) is 6.54 Å². The van der Waals surface area contributed by atoms with Gasteiger partial charge >= 0.3 is 5.97 Å². The molecule has 0 bridgehead atoms. The number of ether oxygens (including phenoxy) is 1. The molecule has 0 fully saturated rings. The van der Waals surface area contributed by atoms with Crippen molar-refractivity contribution in [3.63, 3.8) is 0 Å². The summed E-state index contributed by atoms with van der Waals surface area (Å²) in [5.41, 5.74) is 0.950. The molecule has 1 rings (SSSR count). The number of benzene rings is 1. The molecule has 0 saturated heterocycles. The van der Waals surface area contributed by atoms with Crippen LogP contribution in [0.3, 0.4) is 0 Å². The standard InChI is InChI=1S/C16H18N2O4/c1-3-4-5-6-14(19)18-13-9-7-12(8-10-13)16(21)17-11-15(20)22-2/h3-10H,11H2,1-2H3,(H,17,21)(H,18,19)/b4-3+,6-5+. The van der Waals surface area contributed by atoms with Crippen molar-refractivity contribution in [1.29, 1.82) is 0 Å². The maximum Gasteiger partial charge on any atom is 0.325 e. The Bertz CT molecular complexity index is 589. The number of allylic oxidation sites excluding steroid dienone is 3. The van der Waals surface area contributed by atoms with Gasteiger partial charge in [-0.25, -0.2) is 0 Å². The van der Waals surface area contributed by atoms with E-state index in [1.807, 2.05) is 13.0 Å². The lowest BCUT2D eigenvalue weighted by Gasteiger charge is -2.06. The Hall–Kier alpha value is -2.89. The number of hydrogen-bond acceptors (Lipinski definition) is 4. The van der Waals surface area contributed by atoms with Gasteiger partial charge in [0.15, 0.2) is 0 Å². The van der Waals surface area contributed by atoms with Crippen LogP contribution in [0.2, 0.25) is 0 Å². The number of anilines is 1. The highest BCUT2D eigenvalue weighted by atomic mass is 16.5. The van der Waals surface area contributed by atoms with E-state index in [0.29, 0.717) is 11.3 Å². The maximum atomic E-state index is 11.7. The molecule has 0 saturated carbocycles. The van der Waals surface area contributed by atoms with Crippen molar-refractivity contribution in [3.05, 3.63) is 54.1 Å². The van der Waals surface area contributed by atoms with Crippen LogP contribution in [0.25, 0.3) is 0 Å². The Kier molecular flexibility index (Phi) is 7.12. The van der Waals surface area contributed by atoms with Gasteiger partial charge in [0.05, 0.1) is 7.11 Å². The Balaban J connectivity index is 2.57. The molecule has 1 aromatic carbocycles. The second-order valence-electron chi connectivity index (χ2n) is 4.21. The van der Waals surface area contributed by atoms with E-state index in [2.05, 4.69) is 15.4 Å². The lowest BCUT2D eigenvalue weighted by molar-refractivity contribution is -0.139. The van der Waals surface area contributed by atoms with Gasteiger partial charge < -0.3 is 15.4 Å². The first-order chi connectivity index (χ1) is 10.6. The number of nitrogens with one attached hydrogen (secondary N) is 2. The summed E-state index contributed by atoms with van der Waals surface area (Å²) in [5, 5.41) is 5.09. The van der Waals surface area contributed by atoms with Gasteiger partial charge in [-0.3, -0.25) is 14.4 Å². The van der Waals surface area contributed by atoms with Crippen LogP contribution in [0.4, 0.5) is 5.69 Å². The minimum atomic E-state index is -0.523. The summed E-state index contributed by atoms with van der Waals surface area (Å²) in [4.78, 5) is 34.2. The van der Waals surface area contributed by atoms with Crippen molar-refractivity contribution < 1.29 is 19.1 Å². The predicted molar refractivity (Wildman–Crippen MR) is 83.4 cm³/mol. The number of rotatable bonds is 6. The fourth-order valence-electron chi connectivity index (χ4n) is 1.47. The van der Waals surface area contributed by atoms with E-state index >= 15 is 0 Å². The second kappa shape index (κ2) is 9.12. The monoisotopic (exact) mass is 302 g/mol. The summed E-state index contributed by atoms with van der Waals surface area (Å²) >= 11 is 0. The van der Waals surface area contributed by atoms with Crippen LogP contribution in [-0.4, -0.2) is 31.4 Å². The van der Waals surface area contributed by atoms with Crippen molar-refractivity contribution in [1.82, 2.24) is 5.32 Å². The second-order valence-corrected chi connectivity index (χ2v) is 4.21. The van der Waals surface area contributed by atoms with Crippen molar-refractivity contribution in [2.24, 2.45) is 0 Å². The number of carbonyl (C=O) groups is 3. The third-order valence-electron chi connectivity index (χ3n) is 2.59. The molecule has 6 heteroatoms. The molecule has 2 N–H and O–H groups in total. The van der Waals surface area contributed by atoms with Crippen LogP contribution in [0.15, 0.2) is 48.6 Å². The Morgan fingerprint density at radius 2 is 1.82 bits per heavy atom. The molecule has 6 nitrogen and oxygen atoms in total. The molecule has 0 aliphatic carbocycles. The first kappa shape index (κ1) is 17.2. The van der Waals surface area contributed by atoms with E-state index in [4.69, 9.17) is 0 Å². The third-order valence-corrected chi connectivity index (χ3v) is 2.59. The summed E-state index contributed by atoms with van der Waals surface area (Å²) < 4.78 is 4.43. The smallest absolute Gasteiger partial charge is 0.325 e. The van der Waals surface area contributed by atoms with Crippen molar-refractivity contribution in [2.75, 3.05) is 19.0 Å².